The Morgan fingerprint density at radius 1 is 0.400 bits per heavy atom. The average Bonchev–Trinajstić information content (AvgIpc) is 3.42. The van der Waals surface area contributed by atoms with Gasteiger partial charge in [-0.25, -0.2) is 4.57 Å². The first-order valence-corrected chi connectivity index (χ1v) is 34.5. The number of phosphoric acid groups is 1. The lowest BCUT2D eigenvalue weighted by molar-refractivity contribution is -0.870. The molecule has 0 aromatic heterocycles. The highest BCUT2D eigenvalue weighted by molar-refractivity contribution is 7.47. The number of phosphoric ester groups is 1. The van der Waals surface area contributed by atoms with E-state index in [0.29, 0.717) is 17.4 Å². The van der Waals surface area contributed by atoms with E-state index in [0.717, 1.165) is 89.9 Å². The summed E-state index contributed by atoms with van der Waals surface area (Å²) in [5.41, 5.74) is 0. The normalized spacial score (nSPS) is 13.8. The SMILES string of the molecule is CC/C=C\C/C=C\C/C=C\C/C=C\C/C=C\C/C=C\C/C=C\CCCCCCCCCCCCCC(=O)OC(COC(=O)CCCCCCCCCCCCC/C=C\CCCCCCCCCC)COP(=O)(O)OCC[N+](C)(C)C. The minimum Gasteiger partial charge on any atom is -0.462 e. The zero-order valence-corrected chi connectivity index (χ0v) is 53.4. The van der Waals surface area contributed by atoms with Gasteiger partial charge >= 0.3 is 19.8 Å². The van der Waals surface area contributed by atoms with Gasteiger partial charge in [-0.15, -0.1) is 0 Å². The molecule has 0 aliphatic rings. The number of hydrogen-bond acceptors (Lipinski definition) is 7. The number of rotatable bonds is 60. The van der Waals surface area contributed by atoms with E-state index < -0.39 is 26.5 Å². The van der Waals surface area contributed by atoms with Crippen LogP contribution in [0.1, 0.15) is 284 Å². The highest BCUT2D eigenvalue weighted by atomic mass is 31.2. The first-order chi connectivity index (χ1) is 39.0. The number of ether oxygens (including phenoxy) is 2. The molecule has 0 saturated heterocycles. The molecule has 0 amide bonds. The molecule has 462 valence electrons. The number of likely N-dealkylation sites (N-methyl/N-ethyl adjacent to an activating group) is 1. The Labute approximate surface area is 493 Å². The lowest BCUT2D eigenvalue weighted by atomic mass is 10.0. The van der Waals surface area contributed by atoms with Crippen LogP contribution in [0.15, 0.2) is 97.2 Å². The third-order valence-electron chi connectivity index (χ3n) is 14.1. The zero-order valence-electron chi connectivity index (χ0n) is 52.5. The maximum absolute atomic E-state index is 12.9. The fourth-order valence-corrected chi connectivity index (χ4v) is 9.79. The second-order valence-electron chi connectivity index (χ2n) is 23.1. The topological polar surface area (TPSA) is 108 Å². The summed E-state index contributed by atoms with van der Waals surface area (Å²) >= 11 is 0. The van der Waals surface area contributed by atoms with Gasteiger partial charge in [-0.1, -0.05) is 272 Å². The zero-order chi connectivity index (χ0) is 58.4. The monoisotopic (exact) mass is 1140 g/mol. The number of esters is 2. The fraction of sp³-hybridized carbons (Fsp3) is 0.743. The van der Waals surface area contributed by atoms with Gasteiger partial charge in [-0.2, -0.15) is 0 Å². The summed E-state index contributed by atoms with van der Waals surface area (Å²) in [5.74, 6) is -0.797. The summed E-state index contributed by atoms with van der Waals surface area (Å²) in [4.78, 5) is 35.8. The second kappa shape index (κ2) is 60.5. The largest absolute Gasteiger partial charge is 0.472 e. The molecule has 0 aromatic carbocycles. The van der Waals surface area contributed by atoms with Gasteiger partial charge in [0.05, 0.1) is 27.7 Å². The first kappa shape index (κ1) is 76.9. The Kier molecular flexibility index (Phi) is 58.2. The van der Waals surface area contributed by atoms with Crippen LogP contribution < -0.4 is 0 Å². The Morgan fingerprint density at radius 2 is 0.713 bits per heavy atom. The molecule has 2 unspecified atom stereocenters. The molecule has 80 heavy (non-hydrogen) atoms. The number of carbonyl (C=O) groups excluding carboxylic acids is 2. The average molecular weight is 1140 g/mol. The maximum Gasteiger partial charge on any atom is 0.472 e. The van der Waals surface area contributed by atoms with E-state index in [2.05, 4.69) is 111 Å². The Morgan fingerprint density at radius 3 is 1.07 bits per heavy atom. The van der Waals surface area contributed by atoms with Crippen molar-refractivity contribution in [1.82, 2.24) is 0 Å². The summed E-state index contributed by atoms with van der Waals surface area (Å²) in [6.07, 6.45) is 83.5. The Hall–Kier alpha value is -3.07. The van der Waals surface area contributed by atoms with E-state index in [1.165, 1.54) is 161 Å². The van der Waals surface area contributed by atoms with E-state index in [9.17, 15) is 19.0 Å². The van der Waals surface area contributed by atoms with Gasteiger partial charge < -0.3 is 18.9 Å². The van der Waals surface area contributed by atoms with Gasteiger partial charge in [0.25, 0.3) is 0 Å². The van der Waals surface area contributed by atoms with E-state index in [1.54, 1.807) is 0 Å². The van der Waals surface area contributed by atoms with Crippen LogP contribution in [0.25, 0.3) is 0 Å². The lowest BCUT2D eigenvalue weighted by Gasteiger charge is -2.24. The standard InChI is InChI=1S/C70H124NO8P/c1-6-8-10-12-14-16-18-20-22-24-26-28-30-31-32-33-34-35-36-37-38-39-41-43-45-47-49-51-53-55-57-59-61-63-70(73)79-68(67-78-80(74,75)77-65-64-71(3,4)5)66-76-69(72)62-60-58-56-54-52-50-48-46-44-42-40-29-27-25-23-21-19-17-15-13-11-9-7-2/h8,10,14,16,20,22,25-28,31-32,34-35,37-38,68H,6-7,9,11-13,15,17-19,21,23-24,29-30,33,36,39-67H2,1-5H3/p+1/b10-8-,16-14-,22-20-,27-25-,28-26-,32-31-,35-34-,38-37-. The summed E-state index contributed by atoms with van der Waals surface area (Å²) in [7, 11) is 1.47. The van der Waals surface area contributed by atoms with Crippen molar-refractivity contribution in [3.63, 3.8) is 0 Å². The van der Waals surface area contributed by atoms with Crippen molar-refractivity contribution < 1.29 is 42.1 Å². The van der Waals surface area contributed by atoms with Crippen molar-refractivity contribution in [3.05, 3.63) is 97.2 Å². The van der Waals surface area contributed by atoms with Crippen LogP contribution in [0.5, 0.6) is 0 Å². The molecular weight excluding hydrogens is 1010 g/mol. The Balaban J connectivity index is 4.11. The van der Waals surface area contributed by atoms with E-state index in [4.69, 9.17) is 18.5 Å². The van der Waals surface area contributed by atoms with Gasteiger partial charge in [0.1, 0.15) is 19.8 Å². The predicted molar refractivity (Wildman–Crippen MR) is 344 cm³/mol. The predicted octanol–water partition coefficient (Wildman–Crippen LogP) is 21.2. The highest BCUT2D eigenvalue weighted by Crippen LogP contribution is 2.43. The smallest absolute Gasteiger partial charge is 0.462 e. The lowest BCUT2D eigenvalue weighted by Crippen LogP contribution is -2.37. The molecule has 0 bridgehead atoms. The van der Waals surface area contributed by atoms with Crippen molar-refractivity contribution in [2.45, 2.75) is 290 Å². The highest BCUT2D eigenvalue weighted by Gasteiger charge is 2.27. The van der Waals surface area contributed by atoms with Crippen LogP contribution in [0.4, 0.5) is 0 Å². The minimum atomic E-state index is -4.40. The maximum atomic E-state index is 12.9. The van der Waals surface area contributed by atoms with Gasteiger partial charge in [0.2, 0.25) is 0 Å². The molecule has 0 aromatic rings. The number of quaternary nitrogens is 1. The van der Waals surface area contributed by atoms with Crippen LogP contribution in [0.2, 0.25) is 0 Å². The van der Waals surface area contributed by atoms with Crippen molar-refractivity contribution >= 4 is 19.8 Å². The van der Waals surface area contributed by atoms with Gasteiger partial charge in [0, 0.05) is 12.8 Å². The quantitative estimate of drug-likeness (QED) is 0.0211. The second-order valence-corrected chi connectivity index (χ2v) is 24.6. The van der Waals surface area contributed by atoms with Gasteiger partial charge in [-0.05, 0) is 96.3 Å². The van der Waals surface area contributed by atoms with Crippen molar-refractivity contribution in [1.29, 1.82) is 0 Å². The molecule has 1 N–H and O–H groups in total. The van der Waals surface area contributed by atoms with Gasteiger partial charge in [-0.3, -0.25) is 18.6 Å². The number of allylic oxidation sites excluding steroid dienone is 16. The molecule has 0 heterocycles. The molecule has 0 aliphatic heterocycles. The molecule has 9 nitrogen and oxygen atoms in total. The molecular formula is C70H125NO8P+. The summed E-state index contributed by atoms with van der Waals surface area (Å²) < 4.78 is 34.7. The summed E-state index contributed by atoms with van der Waals surface area (Å²) in [5, 5.41) is 0. The van der Waals surface area contributed by atoms with E-state index >= 15 is 0 Å². The first-order valence-electron chi connectivity index (χ1n) is 33.0. The van der Waals surface area contributed by atoms with Crippen LogP contribution in [0.3, 0.4) is 0 Å². The molecule has 0 spiro atoms. The van der Waals surface area contributed by atoms with Crippen LogP contribution in [-0.4, -0.2) is 74.9 Å². The van der Waals surface area contributed by atoms with Crippen molar-refractivity contribution in [2.75, 3.05) is 47.5 Å². The summed E-state index contributed by atoms with van der Waals surface area (Å²) in [6.45, 7) is 4.34. The third-order valence-corrected chi connectivity index (χ3v) is 15.1. The molecule has 0 radical (unpaired) electrons. The van der Waals surface area contributed by atoms with Crippen LogP contribution in [-0.2, 0) is 32.7 Å². The summed E-state index contributed by atoms with van der Waals surface area (Å²) in [6, 6.07) is 0. The van der Waals surface area contributed by atoms with E-state index in [-0.39, 0.29) is 32.0 Å². The Bertz CT molecular complexity index is 1670. The number of hydrogen-bond donors (Lipinski definition) is 1. The van der Waals surface area contributed by atoms with Crippen molar-refractivity contribution in [2.24, 2.45) is 0 Å². The molecule has 0 fully saturated rings. The van der Waals surface area contributed by atoms with Crippen molar-refractivity contribution in [3.8, 4) is 0 Å². The van der Waals surface area contributed by atoms with Gasteiger partial charge in [0.15, 0.2) is 6.10 Å². The third kappa shape index (κ3) is 64.1. The molecule has 0 aliphatic carbocycles. The molecule has 10 heteroatoms. The molecule has 2 atom stereocenters. The number of nitrogens with zero attached hydrogens (tertiary/aromatic N) is 1. The van der Waals surface area contributed by atoms with E-state index in [1.807, 2.05) is 21.1 Å². The molecule has 0 rings (SSSR count). The minimum absolute atomic E-state index is 0.0280. The fourth-order valence-electron chi connectivity index (χ4n) is 9.05. The number of carbonyl (C=O) groups is 2. The van der Waals surface area contributed by atoms with Crippen LogP contribution >= 0.6 is 7.82 Å². The molecule has 0 saturated carbocycles. The number of unbranched alkanes of at least 4 members (excludes halogenated alkanes) is 30. The van der Waals surface area contributed by atoms with Crippen LogP contribution in [0, 0.1) is 0 Å².